The molecule has 5 heteroatoms. The van der Waals surface area contributed by atoms with Gasteiger partial charge in [0.15, 0.2) is 0 Å². The number of aliphatic hydroxyl groups excluding tert-OH is 1. The van der Waals surface area contributed by atoms with Gasteiger partial charge in [-0.3, -0.25) is 14.5 Å². The molecular weight excluding hydrogens is 246 g/mol. The number of likely N-dealkylation sites (tertiary alicyclic amines) is 1. The monoisotopic (exact) mass is 263 g/mol. The van der Waals surface area contributed by atoms with Crippen LogP contribution in [-0.4, -0.2) is 35.5 Å². The lowest BCUT2D eigenvalue weighted by Crippen LogP contribution is -2.34. The predicted molar refractivity (Wildman–Crippen MR) is 68.5 cm³/mol. The molecule has 2 unspecified atom stereocenters. The topological polar surface area (TPSA) is 66.8 Å². The molecule has 0 bridgehead atoms. The molecule has 0 radical (unpaired) electrons. The second-order valence-corrected chi connectivity index (χ2v) is 4.74. The highest BCUT2D eigenvalue weighted by Crippen LogP contribution is 2.24. The molecule has 2 amide bonds. The van der Waals surface area contributed by atoms with E-state index >= 15 is 0 Å². The first-order chi connectivity index (χ1) is 9.02. The van der Waals surface area contributed by atoms with Crippen LogP contribution in [0.15, 0.2) is 24.3 Å². The first-order valence-corrected chi connectivity index (χ1v) is 6.19. The molecule has 2 rings (SSSR count). The molecule has 1 fully saturated rings. The number of methoxy groups -OCH3 is 1. The molecule has 0 aromatic heterocycles. The van der Waals surface area contributed by atoms with Crippen molar-refractivity contribution in [3.63, 3.8) is 0 Å². The smallest absolute Gasteiger partial charge is 0.232 e. The van der Waals surface area contributed by atoms with Gasteiger partial charge >= 0.3 is 0 Å². The van der Waals surface area contributed by atoms with Crippen LogP contribution in [0.4, 0.5) is 0 Å². The van der Waals surface area contributed by atoms with Gasteiger partial charge in [-0.15, -0.1) is 0 Å². The largest absolute Gasteiger partial charge is 0.497 e. The highest BCUT2D eigenvalue weighted by molar-refractivity contribution is 6.03. The second-order valence-electron chi connectivity index (χ2n) is 4.74. The average molecular weight is 263 g/mol. The Hall–Kier alpha value is -1.88. The second kappa shape index (κ2) is 5.40. The summed E-state index contributed by atoms with van der Waals surface area (Å²) in [4.78, 5) is 24.6. The van der Waals surface area contributed by atoms with Crippen molar-refractivity contribution in [2.24, 2.45) is 5.92 Å². The zero-order valence-corrected chi connectivity index (χ0v) is 11.0. The fraction of sp³-hybridized carbons (Fsp3) is 0.429. The molecule has 1 N–H and O–H groups in total. The average Bonchev–Trinajstić information content (AvgIpc) is 2.65. The summed E-state index contributed by atoms with van der Waals surface area (Å²) in [5, 5.41) is 10.1. The summed E-state index contributed by atoms with van der Waals surface area (Å²) in [5.74, 6) is -0.0969. The number of carbonyl (C=O) groups is 2. The number of carbonyl (C=O) groups excluding carboxylic acids is 2. The van der Waals surface area contributed by atoms with Gasteiger partial charge in [0.05, 0.1) is 19.8 Å². The standard InChI is InChI=1S/C14H17NO4/c1-9-6-13(17)15(14(9)18)8-12(16)10-4-3-5-11(7-10)19-2/h3-5,7,9,12,16H,6,8H2,1-2H3. The van der Waals surface area contributed by atoms with E-state index in [0.29, 0.717) is 11.3 Å². The number of benzene rings is 1. The minimum Gasteiger partial charge on any atom is -0.497 e. The van der Waals surface area contributed by atoms with E-state index in [1.54, 1.807) is 38.3 Å². The summed E-state index contributed by atoms with van der Waals surface area (Å²) in [5.41, 5.74) is 0.625. The Bertz CT molecular complexity index is 500. The van der Waals surface area contributed by atoms with E-state index in [0.717, 1.165) is 4.90 Å². The quantitative estimate of drug-likeness (QED) is 0.827. The minimum absolute atomic E-state index is 0.00479. The zero-order valence-electron chi connectivity index (χ0n) is 11.0. The van der Waals surface area contributed by atoms with Crippen LogP contribution in [0.1, 0.15) is 25.0 Å². The molecule has 1 aliphatic rings. The number of nitrogens with zero attached hydrogens (tertiary/aromatic N) is 1. The normalized spacial score (nSPS) is 20.8. The molecule has 1 aromatic rings. The summed E-state index contributed by atoms with van der Waals surface area (Å²) >= 11 is 0. The molecule has 5 nitrogen and oxygen atoms in total. The van der Waals surface area contributed by atoms with E-state index in [1.807, 2.05) is 0 Å². The highest BCUT2D eigenvalue weighted by Gasteiger charge is 2.36. The van der Waals surface area contributed by atoms with Gasteiger partial charge in [-0.1, -0.05) is 19.1 Å². The van der Waals surface area contributed by atoms with Gasteiger partial charge in [0.1, 0.15) is 5.75 Å². The maximum atomic E-state index is 11.8. The van der Waals surface area contributed by atoms with Crippen LogP contribution < -0.4 is 4.74 Å². The fourth-order valence-electron chi connectivity index (χ4n) is 2.17. The van der Waals surface area contributed by atoms with Gasteiger partial charge in [0.2, 0.25) is 11.8 Å². The lowest BCUT2D eigenvalue weighted by molar-refractivity contribution is -0.140. The van der Waals surface area contributed by atoms with Gasteiger partial charge < -0.3 is 9.84 Å². The molecule has 1 aliphatic heterocycles. The molecule has 0 spiro atoms. The van der Waals surface area contributed by atoms with Crippen LogP contribution in [0, 0.1) is 5.92 Å². The molecule has 1 heterocycles. The van der Waals surface area contributed by atoms with E-state index in [9.17, 15) is 14.7 Å². The minimum atomic E-state index is -0.895. The summed E-state index contributed by atoms with van der Waals surface area (Å²) in [6, 6.07) is 6.96. The van der Waals surface area contributed by atoms with E-state index in [2.05, 4.69) is 0 Å². The van der Waals surface area contributed by atoms with Gasteiger partial charge in [-0.05, 0) is 17.7 Å². The van der Waals surface area contributed by atoms with Gasteiger partial charge in [-0.2, -0.15) is 0 Å². The van der Waals surface area contributed by atoms with E-state index < -0.39 is 6.10 Å². The predicted octanol–water partition coefficient (Wildman–Crippen LogP) is 1.12. The van der Waals surface area contributed by atoms with Gasteiger partial charge in [-0.25, -0.2) is 0 Å². The zero-order chi connectivity index (χ0) is 14.0. The summed E-state index contributed by atoms with van der Waals surface area (Å²) in [6.45, 7) is 1.72. The molecule has 19 heavy (non-hydrogen) atoms. The number of β-amino-alcohol motifs (C(OH)–C–C–N with tert-alkyl or cyclic N) is 1. The number of hydrogen-bond acceptors (Lipinski definition) is 4. The Kier molecular flexibility index (Phi) is 3.85. The summed E-state index contributed by atoms with van der Waals surface area (Å²) < 4.78 is 5.08. The van der Waals surface area contributed by atoms with Crippen molar-refractivity contribution in [3.05, 3.63) is 29.8 Å². The van der Waals surface area contributed by atoms with E-state index in [-0.39, 0.29) is 30.7 Å². The lowest BCUT2D eigenvalue weighted by atomic mass is 10.1. The van der Waals surface area contributed by atoms with E-state index in [1.165, 1.54) is 0 Å². The van der Waals surface area contributed by atoms with Crippen LogP contribution in [0.3, 0.4) is 0 Å². The van der Waals surface area contributed by atoms with Crippen molar-refractivity contribution < 1.29 is 19.4 Å². The van der Waals surface area contributed by atoms with Crippen LogP contribution in [-0.2, 0) is 9.59 Å². The first kappa shape index (κ1) is 13.5. The lowest BCUT2D eigenvalue weighted by Gasteiger charge is -2.19. The number of ether oxygens (including phenoxy) is 1. The van der Waals surface area contributed by atoms with Crippen molar-refractivity contribution in [1.29, 1.82) is 0 Å². The maximum absolute atomic E-state index is 11.8. The van der Waals surface area contributed by atoms with Crippen molar-refractivity contribution in [1.82, 2.24) is 4.90 Å². The van der Waals surface area contributed by atoms with Crippen LogP contribution in [0.5, 0.6) is 5.75 Å². The third kappa shape index (κ3) is 2.76. The van der Waals surface area contributed by atoms with Crippen LogP contribution in [0.2, 0.25) is 0 Å². The van der Waals surface area contributed by atoms with Crippen LogP contribution in [0.25, 0.3) is 0 Å². The maximum Gasteiger partial charge on any atom is 0.232 e. The molecule has 0 saturated carbocycles. The number of aliphatic hydroxyl groups is 1. The number of imide groups is 1. The molecule has 102 valence electrons. The van der Waals surface area contributed by atoms with E-state index in [4.69, 9.17) is 4.74 Å². The molecule has 0 aliphatic carbocycles. The third-order valence-electron chi connectivity index (χ3n) is 3.30. The van der Waals surface area contributed by atoms with Gasteiger partial charge in [0.25, 0.3) is 0 Å². The van der Waals surface area contributed by atoms with Crippen LogP contribution >= 0.6 is 0 Å². The van der Waals surface area contributed by atoms with Crippen molar-refractivity contribution in [3.8, 4) is 5.75 Å². The SMILES string of the molecule is COc1cccc(C(O)CN2C(=O)CC(C)C2=O)c1. The number of amides is 2. The Morgan fingerprint density at radius 3 is 2.79 bits per heavy atom. The Morgan fingerprint density at radius 2 is 2.21 bits per heavy atom. The summed E-state index contributed by atoms with van der Waals surface area (Å²) in [7, 11) is 1.54. The third-order valence-corrected chi connectivity index (χ3v) is 3.30. The van der Waals surface area contributed by atoms with Crippen molar-refractivity contribution in [2.45, 2.75) is 19.4 Å². The molecule has 1 aromatic carbocycles. The number of hydrogen-bond donors (Lipinski definition) is 1. The summed E-state index contributed by atoms with van der Waals surface area (Å²) in [6.07, 6.45) is -0.669. The fourth-order valence-corrected chi connectivity index (χ4v) is 2.17. The Labute approximate surface area is 111 Å². The number of rotatable bonds is 4. The van der Waals surface area contributed by atoms with Gasteiger partial charge in [0, 0.05) is 12.3 Å². The van der Waals surface area contributed by atoms with Crippen molar-refractivity contribution in [2.75, 3.05) is 13.7 Å². The Morgan fingerprint density at radius 1 is 1.47 bits per heavy atom. The highest BCUT2D eigenvalue weighted by atomic mass is 16.5. The molecular formula is C14H17NO4. The molecule has 1 saturated heterocycles. The van der Waals surface area contributed by atoms with Crippen molar-refractivity contribution >= 4 is 11.8 Å². The first-order valence-electron chi connectivity index (χ1n) is 6.19. The molecule has 2 atom stereocenters. The Balaban J connectivity index is 2.10.